The first-order valence-electron chi connectivity index (χ1n) is 8.26. The lowest BCUT2D eigenvalue weighted by Crippen LogP contribution is -2.36. The van der Waals surface area contributed by atoms with Gasteiger partial charge in [0.25, 0.3) is 0 Å². The zero-order valence-corrected chi connectivity index (χ0v) is 13.8. The van der Waals surface area contributed by atoms with Crippen LogP contribution in [0.15, 0.2) is 48.5 Å². The van der Waals surface area contributed by atoms with Crippen molar-refractivity contribution in [1.82, 2.24) is 0 Å². The van der Waals surface area contributed by atoms with E-state index in [9.17, 15) is 15.2 Å². The number of nitriles is 1. The van der Waals surface area contributed by atoms with E-state index in [1.165, 1.54) is 0 Å². The molecule has 0 aliphatic carbocycles. The van der Waals surface area contributed by atoms with Gasteiger partial charge in [0.15, 0.2) is 0 Å². The predicted octanol–water partition coefficient (Wildman–Crippen LogP) is 3.16. The molecule has 6 nitrogen and oxygen atoms in total. The molecule has 1 aliphatic heterocycles. The number of benzene rings is 2. The Balaban J connectivity index is 1.69. The summed E-state index contributed by atoms with van der Waals surface area (Å²) in [6.07, 6.45) is 1.14. The normalized spacial score (nSPS) is 14.6. The van der Waals surface area contributed by atoms with Gasteiger partial charge in [-0.05, 0) is 43.2 Å². The number of anilines is 3. The lowest BCUT2D eigenvalue weighted by Gasteiger charge is -2.32. The number of amides is 2. The molecule has 2 amide bonds. The fourth-order valence-electron chi connectivity index (χ4n) is 2.90. The number of hydrogen-bond acceptors (Lipinski definition) is 4. The molecule has 0 aromatic heterocycles. The zero-order chi connectivity index (χ0) is 17.6. The standard InChI is InChI=1S/C19H20N4O2/c20-13-14-12-16(22-19(25)21-15-4-2-1-3-5-15)6-7-18(14)23-10-8-17(24)9-11-23/h1-7,12,17,24H,8-11H2,(H2,21,22,25). The molecule has 25 heavy (non-hydrogen) atoms. The predicted molar refractivity (Wildman–Crippen MR) is 97.7 cm³/mol. The van der Waals surface area contributed by atoms with Crippen molar-refractivity contribution in [3.63, 3.8) is 0 Å². The Labute approximate surface area is 146 Å². The van der Waals surface area contributed by atoms with Gasteiger partial charge >= 0.3 is 6.03 Å². The number of para-hydroxylation sites is 1. The summed E-state index contributed by atoms with van der Waals surface area (Å²) in [7, 11) is 0. The van der Waals surface area contributed by atoms with E-state index in [0.717, 1.165) is 18.8 Å². The van der Waals surface area contributed by atoms with Gasteiger partial charge in [0.1, 0.15) is 6.07 Å². The highest BCUT2D eigenvalue weighted by Gasteiger charge is 2.19. The number of nitrogens with zero attached hydrogens (tertiary/aromatic N) is 2. The van der Waals surface area contributed by atoms with Gasteiger partial charge in [0.2, 0.25) is 0 Å². The van der Waals surface area contributed by atoms with Crippen LogP contribution in [0, 0.1) is 11.3 Å². The Hall–Kier alpha value is -3.04. The maximum absolute atomic E-state index is 12.1. The molecule has 3 rings (SSSR count). The molecule has 1 fully saturated rings. The largest absolute Gasteiger partial charge is 0.393 e. The third-order valence-electron chi connectivity index (χ3n) is 4.21. The Morgan fingerprint density at radius 2 is 1.76 bits per heavy atom. The Bertz CT molecular complexity index is 778. The number of urea groups is 1. The molecule has 1 aliphatic rings. The molecule has 0 atom stereocenters. The molecule has 3 N–H and O–H groups in total. The van der Waals surface area contributed by atoms with Crippen LogP contribution >= 0.6 is 0 Å². The summed E-state index contributed by atoms with van der Waals surface area (Å²) < 4.78 is 0. The highest BCUT2D eigenvalue weighted by Crippen LogP contribution is 2.26. The van der Waals surface area contributed by atoms with Gasteiger partial charge in [0.05, 0.1) is 17.4 Å². The Kier molecular flexibility index (Phi) is 5.17. The Morgan fingerprint density at radius 1 is 1.08 bits per heavy atom. The quantitative estimate of drug-likeness (QED) is 0.803. The van der Waals surface area contributed by atoms with Crippen molar-refractivity contribution in [1.29, 1.82) is 5.26 Å². The first kappa shape index (κ1) is 16.8. The van der Waals surface area contributed by atoms with Crippen LogP contribution in [-0.4, -0.2) is 30.3 Å². The molecule has 0 unspecified atom stereocenters. The maximum Gasteiger partial charge on any atom is 0.323 e. The van der Waals surface area contributed by atoms with Gasteiger partial charge in [-0.15, -0.1) is 0 Å². The van der Waals surface area contributed by atoms with E-state index in [4.69, 9.17) is 0 Å². The minimum Gasteiger partial charge on any atom is -0.393 e. The third kappa shape index (κ3) is 4.28. The van der Waals surface area contributed by atoms with Crippen LogP contribution in [0.5, 0.6) is 0 Å². The van der Waals surface area contributed by atoms with E-state index >= 15 is 0 Å². The van der Waals surface area contributed by atoms with Crippen molar-refractivity contribution in [2.75, 3.05) is 28.6 Å². The number of hydrogen-bond donors (Lipinski definition) is 3. The van der Waals surface area contributed by atoms with Gasteiger partial charge in [-0.3, -0.25) is 0 Å². The third-order valence-corrected chi connectivity index (χ3v) is 4.21. The molecule has 0 radical (unpaired) electrons. The molecule has 2 aromatic rings. The van der Waals surface area contributed by atoms with E-state index in [1.807, 2.05) is 24.3 Å². The van der Waals surface area contributed by atoms with Crippen LogP contribution in [0.1, 0.15) is 18.4 Å². The summed E-state index contributed by atoms with van der Waals surface area (Å²) in [5.74, 6) is 0. The van der Waals surface area contributed by atoms with Crippen molar-refractivity contribution in [3.8, 4) is 6.07 Å². The summed E-state index contributed by atoms with van der Waals surface area (Å²) in [5, 5.41) is 24.5. The number of aliphatic hydroxyl groups excluding tert-OH is 1. The second-order valence-electron chi connectivity index (χ2n) is 6.01. The van der Waals surface area contributed by atoms with E-state index in [1.54, 1.807) is 24.3 Å². The molecule has 0 spiro atoms. The molecular formula is C19H20N4O2. The fourth-order valence-corrected chi connectivity index (χ4v) is 2.90. The van der Waals surface area contributed by atoms with Crippen LogP contribution in [0.4, 0.5) is 21.9 Å². The number of aliphatic hydroxyl groups is 1. The second kappa shape index (κ2) is 7.69. The molecular weight excluding hydrogens is 316 g/mol. The van der Waals surface area contributed by atoms with Crippen molar-refractivity contribution < 1.29 is 9.90 Å². The fraction of sp³-hybridized carbons (Fsp3) is 0.263. The average Bonchev–Trinajstić information content (AvgIpc) is 2.63. The highest BCUT2D eigenvalue weighted by atomic mass is 16.3. The number of carbonyl (C=O) groups is 1. The monoisotopic (exact) mass is 336 g/mol. The van der Waals surface area contributed by atoms with E-state index < -0.39 is 0 Å². The second-order valence-corrected chi connectivity index (χ2v) is 6.01. The van der Waals surface area contributed by atoms with Crippen LogP contribution in [0.3, 0.4) is 0 Å². The van der Waals surface area contributed by atoms with Gasteiger partial charge in [-0.2, -0.15) is 5.26 Å². The van der Waals surface area contributed by atoms with Crippen molar-refractivity contribution in [2.45, 2.75) is 18.9 Å². The van der Waals surface area contributed by atoms with E-state index in [-0.39, 0.29) is 12.1 Å². The van der Waals surface area contributed by atoms with Gasteiger partial charge in [0, 0.05) is 24.5 Å². The van der Waals surface area contributed by atoms with Crippen LogP contribution in [0.25, 0.3) is 0 Å². The van der Waals surface area contributed by atoms with Gasteiger partial charge in [-0.25, -0.2) is 4.79 Å². The minimum atomic E-state index is -0.357. The molecule has 0 saturated carbocycles. The topological polar surface area (TPSA) is 88.4 Å². The molecule has 1 saturated heterocycles. The van der Waals surface area contributed by atoms with Gasteiger partial charge in [-0.1, -0.05) is 18.2 Å². The van der Waals surface area contributed by atoms with Crippen LogP contribution < -0.4 is 15.5 Å². The van der Waals surface area contributed by atoms with E-state index in [2.05, 4.69) is 21.6 Å². The van der Waals surface area contributed by atoms with Crippen molar-refractivity contribution in [3.05, 3.63) is 54.1 Å². The summed E-state index contributed by atoms with van der Waals surface area (Å²) in [6.45, 7) is 1.44. The van der Waals surface area contributed by atoms with E-state index in [0.29, 0.717) is 29.8 Å². The summed E-state index contributed by atoms with van der Waals surface area (Å²) in [4.78, 5) is 14.2. The number of nitrogens with one attached hydrogen (secondary N) is 2. The summed E-state index contributed by atoms with van der Waals surface area (Å²) in [5.41, 5.74) is 2.60. The summed E-state index contributed by atoms with van der Waals surface area (Å²) >= 11 is 0. The van der Waals surface area contributed by atoms with Crippen molar-refractivity contribution in [2.24, 2.45) is 0 Å². The number of rotatable bonds is 3. The molecule has 0 bridgehead atoms. The van der Waals surface area contributed by atoms with Crippen molar-refractivity contribution >= 4 is 23.1 Å². The van der Waals surface area contributed by atoms with Crippen LogP contribution in [0.2, 0.25) is 0 Å². The summed E-state index contributed by atoms with van der Waals surface area (Å²) in [6, 6.07) is 16.3. The van der Waals surface area contributed by atoms with Gasteiger partial charge < -0.3 is 20.6 Å². The lowest BCUT2D eigenvalue weighted by atomic mass is 10.1. The zero-order valence-electron chi connectivity index (χ0n) is 13.8. The molecule has 6 heteroatoms. The lowest BCUT2D eigenvalue weighted by molar-refractivity contribution is 0.145. The first-order chi connectivity index (χ1) is 12.2. The molecule has 1 heterocycles. The Morgan fingerprint density at radius 3 is 2.44 bits per heavy atom. The average molecular weight is 336 g/mol. The number of carbonyl (C=O) groups excluding carboxylic acids is 1. The minimum absolute atomic E-state index is 0.260. The molecule has 128 valence electrons. The smallest absolute Gasteiger partial charge is 0.323 e. The first-order valence-corrected chi connectivity index (χ1v) is 8.26. The molecule has 2 aromatic carbocycles. The SMILES string of the molecule is N#Cc1cc(NC(=O)Nc2ccccc2)ccc1N1CCC(O)CC1. The maximum atomic E-state index is 12.1. The highest BCUT2D eigenvalue weighted by molar-refractivity contribution is 6.00. The van der Waals surface area contributed by atoms with Crippen LogP contribution in [-0.2, 0) is 0 Å². The number of piperidine rings is 1.